The van der Waals surface area contributed by atoms with Crippen LogP contribution in [0, 0.1) is 10.8 Å². The van der Waals surface area contributed by atoms with Crippen LogP contribution >= 0.6 is 0 Å². The number of amides is 2. The summed E-state index contributed by atoms with van der Waals surface area (Å²) in [7, 11) is 0. The predicted molar refractivity (Wildman–Crippen MR) is 68.7 cm³/mol. The largest absolute Gasteiger partial charge is 0.463 e. The van der Waals surface area contributed by atoms with Gasteiger partial charge < -0.3 is 10.1 Å². The molecule has 2 amide bonds. The maximum atomic E-state index is 12.0. The van der Waals surface area contributed by atoms with E-state index < -0.39 is 18.0 Å². The molecule has 0 bridgehead atoms. The van der Waals surface area contributed by atoms with Gasteiger partial charge in [-0.15, -0.1) is 4.91 Å². The molecule has 0 radical (unpaired) electrons. The van der Waals surface area contributed by atoms with Crippen LogP contribution in [0.5, 0.6) is 0 Å². The SMILES string of the molecule is CCOC(=O)C1=C(C)NC(=O)N(N=O)C1CC(C)C. The number of carbonyl (C=O) groups excluding carboxylic acids is 2. The molecule has 1 rings (SSSR count). The molecule has 1 aliphatic rings. The molecule has 0 spiro atoms. The molecule has 1 aliphatic heterocycles. The van der Waals surface area contributed by atoms with E-state index >= 15 is 0 Å². The second-order valence-electron chi connectivity index (χ2n) is 4.76. The first kappa shape index (κ1) is 15.1. The highest BCUT2D eigenvalue weighted by Gasteiger charge is 2.38. The van der Waals surface area contributed by atoms with Gasteiger partial charge in [0.15, 0.2) is 0 Å². The lowest BCUT2D eigenvalue weighted by Crippen LogP contribution is -2.50. The molecule has 0 saturated carbocycles. The summed E-state index contributed by atoms with van der Waals surface area (Å²) in [5, 5.41) is 5.93. The Hall–Kier alpha value is -1.92. The number of urea groups is 1. The van der Waals surface area contributed by atoms with Crippen molar-refractivity contribution in [3.8, 4) is 0 Å². The van der Waals surface area contributed by atoms with Gasteiger partial charge in [-0.05, 0) is 26.2 Å². The first-order valence-corrected chi connectivity index (χ1v) is 6.23. The Labute approximate surface area is 111 Å². The second kappa shape index (κ2) is 6.31. The van der Waals surface area contributed by atoms with Gasteiger partial charge in [0.05, 0.1) is 23.5 Å². The molecular formula is C12H19N3O4. The number of ether oxygens (including phenoxy) is 1. The number of hydrogen-bond acceptors (Lipinski definition) is 5. The van der Waals surface area contributed by atoms with Gasteiger partial charge in [0.2, 0.25) is 0 Å². The number of carbonyl (C=O) groups is 2. The summed E-state index contributed by atoms with van der Waals surface area (Å²) in [6, 6.07) is -1.29. The summed E-state index contributed by atoms with van der Waals surface area (Å²) < 4.78 is 4.97. The fraction of sp³-hybridized carbons (Fsp3) is 0.667. The van der Waals surface area contributed by atoms with Crippen molar-refractivity contribution in [1.82, 2.24) is 10.3 Å². The Morgan fingerprint density at radius 2 is 2.16 bits per heavy atom. The smallest absolute Gasteiger partial charge is 0.345 e. The molecule has 106 valence electrons. The lowest BCUT2D eigenvalue weighted by atomic mass is 9.94. The van der Waals surface area contributed by atoms with Gasteiger partial charge in [-0.2, -0.15) is 5.01 Å². The van der Waals surface area contributed by atoms with Crippen LogP contribution in [-0.4, -0.2) is 29.7 Å². The summed E-state index contributed by atoms with van der Waals surface area (Å²) in [6.45, 7) is 7.41. The van der Waals surface area contributed by atoms with Crippen molar-refractivity contribution < 1.29 is 14.3 Å². The molecule has 0 fully saturated rings. The van der Waals surface area contributed by atoms with Crippen LogP contribution in [0.4, 0.5) is 4.79 Å². The van der Waals surface area contributed by atoms with Crippen LogP contribution in [0.15, 0.2) is 16.6 Å². The predicted octanol–water partition coefficient (Wildman–Crippen LogP) is 1.94. The van der Waals surface area contributed by atoms with E-state index in [2.05, 4.69) is 10.6 Å². The number of nitrogens with zero attached hydrogens (tertiary/aromatic N) is 2. The Kier molecular flexibility index (Phi) is 5.02. The van der Waals surface area contributed by atoms with E-state index in [1.54, 1.807) is 13.8 Å². The minimum Gasteiger partial charge on any atom is -0.463 e. The van der Waals surface area contributed by atoms with Crippen LogP contribution in [0.1, 0.15) is 34.1 Å². The fourth-order valence-electron chi connectivity index (χ4n) is 2.05. The third kappa shape index (κ3) is 3.30. The number of rotatable bonds is 5. The van der Waals surface area contributed by atoms with Crippen molar-refractivity contribution in [3.05, 3.63) is 16.2 Å². The molecule has 0 aromatic heterocycles. The zero-order chi connectivity index (χ0) is 14.6. The van der Waals surface area contributed by atoms with Gasteiger partial charge in [0.1, 0.15) is 0 Å². The first-order valence-electron chi connectivity index (χ1n) is 6.23. The standard InChI is InChI=1S/C12H19N3O4/c1-5-19-11(16)10-8(4)13-12(17)15(14-18)9(10)6-7(2)3/h7,9H,5-6H2,1-4H3,(H,13,17). The molecule has 1 N–H and O–H groups in total. The van der Waals surface area contributed by atoms with Crippen LogP contribution in [-0.2, 0) is 9.53 Å². The van der Waals surface area contributed by atoms with Crippen molar-refractivity contribution >= 4 is 12.0 Å². The Balaban J connectivity index is 3.17. The van der Waals surface area contributed by atoms with Crippen molar-refractivity contribution in [2.45, 2.75) is 40.2 Å². The zero-order valence-corrected chi connectivity index (χ0v) is 11.6. The highest BCUT2D eigenvalue weighted by atomic mass is 16.5. The van der Waals surface area contributed by atoms with Gasteiger partial charge in [0.25, 0.3) is 0 Å². The molecule has 0 aromatic carbocycles. The Morgan fingerprint density at radius 1 is 1.53 bits per heavy atom. The van der Waals surface area contributed by atoms with E-state index in [0.717, 1.165) is 5.01 Å². The normalized spacial score (nSPS) is 19.5. The number of hydrogen-bond donors (Lipinski definition) is 1. The molecule has 1 heterocycles. The second-order valence-corrected chi connectivity index (χ2v) is 4.76. The summed E-state index contributed by atoms with van der Waals surface area (Å²) in [5.41, 5.74) is 0.698. The maximum Gasteiger partial charge on any atom is 0.345 e. The number of nitrogens with one attached hydrogen (secondary N) is 1. The minimum absolute atomic E-state index is 0.192. The van der Waals surface area contributed by atoms with Gasteiger partial charge in [0, 0.05) is 5.70 Å². The third-order valence-corrected chi connectivity index (χ3v) is 2.81. The van der Waals surface area contributed by atoms with E-state index in [1.807, 2.05) is 13.8 Å². The fourth-order valence-corrected chi connectivity index (χ4v) is 2.05. The van der Waals surface area contributed by atoms with Crippen LogP contribution in [0.2, 0.25) is 0 Å². The van der Waals surface area contributed by atoms with Gasteiger partial charge in [-0.3, -0.25) is 0 Å². The summed E-state index contributed by atoms with van der Waals surface area (Å²) in [4.78, 5) is 34.5. The molecule has 1 atom stereocenters. The van der Waals surface area contributed by atoms with Crippen molar-refractivity contribution in [2.24, 2.45) is 11.2 Å². The third-order valence-electron chi connectivity index (χ3n) is 2.81. The average Bonchev–Trinajstić information content (AvgIpc) is 2.28. The molecule has 7 nitrogen and oxygen atoms in total. The van der Waals surface area contributed by atoms with Crippen LogP contribution < -0.4 is 5.32 Å². The molecule has 19 heavy (non-hydrogen) atoms. The van der Waals surface area contributed by atoms with E-state index in [1.165, 1.54) is 0 Å². The average molecular weight is 269 g/mol. The topological polar surface area (TPSA) is 88.1 Å². The monoisotopic (exact) mass is 269 g/mol. The van der Waals surface area contributed by atoms with Crippen LogP contribution in [0.25, 0.3) is 0 Å². The highest BCUT2D eigenvalue weighted by Crippen LogP contribution is 2.26. The highest BCUT2D eigenvalue weighted by molar-refractivity contribution is 5.94. The minimum atomic E-state index is -0.676. The summed E-state index contributed by atoms with van der Waals surface area (Å²) >= 11 is 0. The number of nitroso groups, excluding NO2 is 1. The Morgan fingerprint density at radius 3 is 2.63 bits per heavy atom. The first-order chi connectivity index (χ1) is 8.92. The lowest BCUT2D eigenvalue weighted by Gasteiger charge is -2.32. The van der Waals surface area contributed by atoms with Gasteiger partial charge in [-0.25, -0.2) is 9.59 Å². The summed E-state index contributed by atoms with van der Waals surface area (Å²) in [5.74, 6) is -0.336. The van der Waals surface area contributed by atoms with E-state index in [9.17, 15) is 14.5 Å². The van der Waals surface area contributed by atoms with E-state index in [-0.39, 0.29) is 18.1 Å². The molecule has 0 aromatic rings. The van der Waals surface area contributed by atoms with Crippen molar-refractivity contribution in [3.63, 3.8) is 0 Å². The zero-order valence-electron chi connectivity index (χ0n) is 11.6. The molecular weight excluding hydrogens is 250 g/mol. The van der Waals surface area contributed by atoms with E-state index in [4.69, 9.17) is 4.74 Å². The molecule has 0 aliphatic carbocycles. The molecule has 0 saturated heterocycles. The van der Waals surface area contributed by atoms with Crippen LogP contribution in [0.3, 0.4) is 0 Å². The quantitative estimate of drug-likeness (QED) is 0.610. The van der Waals surface area contributed by atoms with Crippen molar-refractivity contribution in [2.75, 3.05) is 6.61 Å². The summed E-state index contributed by atoms with van der Waals surface area (Å²) in [6.07, 6.45) is 0.463. The van der Waals surface area contributed by atoms with Crippen molar-refractivity contribution in [1.29, 1.82) is 0 Å². The molecule has 7 heteroatoms. The molecule has 1 unspecified atom stereocenters. The number of allylic oxidation sites excluding steroid dienone is 1. The van der Waals surface area contributed by atoms with Gasteiger partial charge in [-0.1, -0.05) is 13.8 Å². The lowest BCUT2D eigenvalue weighted by molar-refractivity contribution is -0.139. The number of esters is 1. The Bertz CT molecular complexity index is 417. The van der Waals surface area contributed by atoms with Gasteiger partial charge >= 0.3 is 12.0 Å². The maximum absolute atomic E-state index is 12.0. The van der Waals surface area contributed by atoms with E-state index in [0.29, 0.717) is 12.1 Å².